The van der Waals surface area contributed by atoms with Gasteiger partial charge in [0.2, 0.25) is 0 Å². The van der Waals surface area contributed by atoms with Gasteiger partial charge in [-0.15, -0.1) is 0 Å². The summed E-state index contributed by atoms with van der Waals surface area (Å²) < 4.78 is 45.5. The number of rotatable bonds is 8. The Hall–Kier alpha value is -0.330. The monoisotopic (exact) mass is 255 g/mol. The van der Waals surface area contributed by atoms with Gasteiger partial charge in [-0.2, -0.15) is 13.2 Å². The zero-order valence-electron chi connectivity index (χ0n) is 10.1. The number of hydrogen-bond donors (Lipinski definition) is 1. The van der Waals surface area contributed by atoms with Crippen molar-refractivity contribution < 1.29 is 22.6 Å². The number of nitrogens with one attached hydrogen (secondary N) is 1. The molecule has 17 heavy (non-hydrogen) atoms. The Balaban J connectivity index is 2.17. The topological polar surface area (TPSA) is 30.5 Å². The van der Waals surface area contributed by atoms with Gasteiger partial charge in [-0.3, -0.25) is 0 Å². The zero-order chi connectivity index (χ0) is 12.8. The largest absolute Gasteiger partial charge is 0.411 e. The van der Waals surface area contributed by atoms with Crippen LogP contribution in [0.15, 0.2) is 0 Å². The molecule has 1 saturated carbocycles. The van der Waals surface area contributed by atoms with Crippen molar-refractivity contribution in [1.29, 1.82) is 0 Å². The van der Waals surface area contributed by atoms with Crippen LogP contribution in [-0.2, 0) is 9.47 Å². The van der Waals surface area contributed by atoms with Crippen LogP contribution in [0.25, 0.3) is 0 Å². The van der Waals surface area contributed by atoms with Crippen molar-refractivity contribution in [2.75, 3.05) is 40.0 Å². The lowest BCUT2D eigenvalue weighted by Gasteiger charge is -2.42. The molecular weight excluding hydrogens is 235 g/mol. The second-order valence-electron chi connectivity index (χ2n) is 4.63. The molecule has 6 heteroatoms. The van der Waals surface area contributed by atoms with E-state index < -0.39 is 12.8 Å². The van der Waals surface area contributed by atoms with Crippen molar-refractivity contribution in [2.24, 2.45) is 5.41 Å². The maximum atomic E-state index is 11.9. The normalized spacial score (nSPS) is 19.1. The van der Waals surface area contributed by atoms with Crippen molar-refractivity contribution in [3.05, 3.63) is 0 Å². The molecule has 0 amide bonds. The van der Waals surface area contributed by atoms with E-state index >= 15 is 0 Å². The van der Waals surface area contributed by atoms with Gasteiger partial charge >= 0.3 is 6.18 Å². The third-order valence-corrected chi connectivity index (χ3v) is 3.07. The minimum atomic E-state index is -4.23. The minimum absolute atomic E-state index is 0.0982. The van der Waals surface area contributed by atoms with E-state index in [9.17, 15) is 13.2 Å². The van der Waals surface area contributed by atoms with E-state index in [1.807, 2.05) is 0 Å². The summed E-state index contributed by atoms with van der Waals surface area (Å²) in [5, 5.41) is 3.19. The van der Waals surface area contributed by atoms with Gasteiger partial charge < -0.3 is 14.8 Å². The molecular formula is C11H20F3NO2. The average molecular weight is 255 g/mol. The fourth-order valence-electron chi connectivity index (χ4n) is 1.96. The molecule has 0 bridgehead atoms. The van der Waals surface area contributed by atoms with Gasteiger partial charge in [0.25, 0.3) is 0 Å². The highest BCUT2D eigenvalue weighted by Crippen LogP contribution is 2.40. The highest BCUT2D eigenvalue weighted by Gasteiger charge is 2.38. The van der Waals surface area contributed by atoms with E-state index in [-0.39, 0.29) is 12.0 Å². The molecule has 1 fully saturated rings. The molecule has 0 saturated heterocycles. The van der Waals surface area contributed by atoms with Gasteiger partial charge in [-0.1, -0.05) is 6.42 Å². The van der Waals surface area contributed by atoms with E-state index in [1.54, 1.807) is 7.11 Å². The SMILES string of the molecule is COCCNCC1(COCC(F)(F)F)CCC1. The summed E-state index contributed by atoms with van der Waals surface area (Å²) >= 11 is 0. The molecule has 1 rings (SSSR count). The Morgan fingerprint density at radius 1 is 1.29 bits per heavy atom. The molecule has 0 aromatic rings. The van der Waals surface area contributed by atoms with Crippen LogP contribution < -0.4 is 5.32 Å². The smallest absolute Gasteiger partial charge is 0.383 e. The first-order valence-corrected chi connectivity index (χ1v) is 5.82. The van der Waals surface area contributed by atoms with Crippen LogP contribution in [0.5, 0.6) is 0 Å². The predicted molar refractivity (Wildman–Crippen MR) is 57.9 cm³/mol. The zero-order valence-corrected chi connectivity index (χ0v) is 10.1. The molecule has 0 aromatic heterocycles. The molecule has 0 unspecified atom stereocenters. The van der Waals surface area contributed by atoms with E-state index in [0.717, 1.165) is 25.8 Å². The number of hydrogen-bond acceptors (Lipinski definition) is 3. The molecule has 0 heterocycles. The molecule has 0 aliphatic heterocycles. The highest BCUT2D eigenvalue weighted by atomic mass is 19.4. The molecule has 102 valence electrons. The van der Waals surface area contributed by atoms with Gasteiger partial charge in [0.1, 0.15) is 6.61 Å². The predicted octanol–water partition coefficient (Wildman–Crippen LogP) is 1.97. The van der Waals surface area contributed by atoms with Gasteiger partial charge in [-0.05, 0) is 12.8 Å². The van der Waals surface area contributed by atoms with Crippen LogP contribution in [0.4, 0.5) is 13.2 Å². The third-order valence-electron chi connectivity index (χ3n) is 3.07. The molecule has 0 atom stereocenters. The summed E-state index contributed by atoms with van der Waals surface area (Å²) in [5.41, 5.74) is -0.0982. The number of ether oxygens (including phenoxy) is 2. The van der Waals surface area contributed by atoms with Gasteiger partial charge in [0.15, 0.2) is 0 Å². The minimum Gasteiger partial charge on any atom is -0.383 e. The Bertz CT molecular complexity index is 217. The van der Waals surface area contributed by atoms with Crippen molar-refractivity contribution >= 4 is 0 Å². The van der Waals surface area contributed by atoms with Crippen LogP contribution in [0.2, 0.25) is 0 Å². The lowest BCUT2D eigenvalue weighted by atomic mass is 9.69. The molecule has 0 spiro atoms. The first-order valence-electron chi connectivity index (χ1n) is 5.82. The van der Waals surface area contributed by atoms with Crippen molar-refractivity contribution in [3.63, 3.8) is 0 Å². The summed E-state index contributed by atoms with van der Waals surface area (Å²) in [6.07, 6.45) is -1.29. The van der Waals surface area contributed by atoms with E-state index in [2.05, 4.69) is 5.32 Å². The van der Waals surface area contributed by atoms with Crippen LogP contribution >= 0.6 is 0 Å². The van der Waals surface area contributed by atoms with Crippen LogP contribution in [0.1, 0.15) is 19.3 Å². The van der Waals surface area contributed by atoms with Crippen LogP contribution in [-0.4, -0.2) is 46.2 Å². The third kappa shape index (κ3) is 5.70. The lowest BCUT2D eigenvalue weighted by molar-refractivity contribution is -0.184. The van der Waals surface area contributed by atoms with Gasteiger partial charge in [-0.25, -0.2) is 0 Å². The quantitative estimate of drug-likeness (QED) is 0.673. The molecule has 0 aromatic carbocycles. The molecule has 3 nitrogen and oxygen atoms in total. The summed E-state index contributed by atoms with van der Waals surface area (Å²) in [4.78, 5) is 0. The van der Waals surface area contributed by atoms with Gasteiger partial charge in [0, 0.05) is 25.6 Å². The Kier molecular flexibility index (Phi) is 5.69. The second-order valence-corrected chi connectivity index (χ2v) is 4.63. The maximum absolute atomic E-state index is 11.9. The standard InChI is InChI=1S/C11H20F3NO2/c1-16-6-5-15-7-10(3-2-4-10)8-17-9-11(12,13)14/h15H,2-9H2,1H3. The molecule has 0 radical (unpaired) electrons. The summed E-state index contributed by atoms with van der Waals surface area (Å²) in [6.45, 7) is 1.07. The van der Waals surface area contributed by atoms with Crippen LogP contribution in [0, 0.1) is 5.41 Å². The number of alkyl halides is 3. The summed E-state index contributed by atoms with van der Waals surface area (Å²) in [6, 6.07) is 0. The molecule has 1 aliphatic carbocycles. The summed E-state index contributed by atoms with van der Waals surface area (Å²) in [7, 11) is 1.62. The summed E-state index contributed by atoms with van der Waals surface area (Å²) in [5.74, 6) is 0. The van der Waals surface area contributed by atoms with Gasteiger partial charge in [0.05, 0.1) is 13.2 Å². The highest BCUT2D eigenvalue weighted by molar-refractivity contribution is 4.89. The van der Waals surface area contributed by atoms with E-state index in [1.165, 1.54) is 0 Å². The van der Waals surface area contributed by atoms with E-state index in [0.29, 0.717) is 13.2 Å². The van der Waals surface area contributed by atoms with Crippen molar-refractivity contribution in [3.8, 4) is 0 Å². The Morgan fingerprint density at radius 3 is 2.47 bits per heavy atom. The van der Waals surface area contributed by atoms with E-state index in [4.69, 9.17) is 9.47 Å². The fraction of sp³-hybridized carbons (Fsp3) is 1.00. The average Bonchev–Trinajstić information content (AvgIpc) is 2.17. The Morgan fingerprint density at radius 2 is 2.00 bits per heavy atom. The fourth-order valence-corrected chi connectivity index (χ4v) is 1.96. The first kappa shape index (κ1) is 14.7. The van der Waals surface area contributed by atoms with Crippen molar-refractivity contribution in [2.45, 2.75) is 25.4 Å². The van der Waals surface area contributed by atoms with Crippen LogP contribution in [0.3, 0.4) is 0 Å². The molecule has 1 aliphatic rings. The number of methoxy groups -OCH3 is 1. The van der Waals surface area contributed by atoms with Crippen molar-refractivity contribution in [1.82, 2.24) is 5.32 Å². The lowest BCUT2D eigenvalue weighted by Crippen LogP contribution is -2.44. The number of halogens is 3. The molecule has 1 N–H and O–H groups in total. The maximum Gasteiger partial charge on any atom is 0.411 e. The Labute approximate surface area is 99.7 Å². The second kappa shape index (κ2) is 6.56. The first-order chi connectivity index (χ1) is 7.97.